The van der Waals surface area contributed by atoms with Gasteiger partial charge in [0.25, 0.3) is 11.8 Å². The summed E-state index contributed by atoms with van der Waals surface area (Å²) < 4.78 is 19.6. The van der Waals surface area contributed by atoms with Gasteiger partial charge in [0.15, 0.2) is 0 Å². The lowest BCUT2D eigenvalue weighted by Gasteiger charge is -2.16. The van der Waals surface area contributed by atoms with Crippen molar-refractivity contribution in [2.24, 2.45) is 0 Å². The molecule has 3 aromatic rings. The molecule has 3 aromatic carbocycles. The molecule has 2 amide bonds. The van der Waals surface area contributed by atoms with Gasteiger partial charge in [-0.2, -0.15) is 0 Å². The van der Waals surface area contributed by atoms with Gasteiger partial charge in [-0.1, -0.05) is 35.5 Å². The standard InChI is InChI=1S/C23H16ClFN2O3S/c1-30-16-10-8-15(9-11-16)26-20-21(31-17-12-6-14(24)7-13-17)23(29)27(22(20)28)19-5-3-2-4-18(19)25/h2-13,26H,1H3. The molecule has 1 heterocycles. The third-order valence-electron chi connectivity index (χ3n) is 4.53. The van der Waals surface area contributed by atoms with E-state index in [0.717, 1.165) is 16.7 Å². The molecule has 5 nitrogen and oxygen atoms in total. The van der Waals surface area contributed by atoms with E-state index in [4.69, 9.17) is 16.3 Å². The Morgan fingerprint density at radius 2 is 1.61 bits per heavy atom. The first-order valence-electron chi connectivity index (χ1n) is 9.20. The molecule has 8 heteroatoms. The highest BCUT2D eigenvalue weighted by Gasteiger charge is 2.41. The molecule has 4 rings (SSSR count). The Morgan fingerprint density at radius 3 is 2.26 bits per heavy atom. The minimum Gasteiger partial charge on any atom is -0.497 e. The zero-order valence-electron chi connectivity index (χ0n) is 16.3. The molecule has 1 aliphatic rings. The third-order valence-corrected chi connectivity index (χ3v) is 5.87. The molecule has 0 aliphatic carbocycles. The molecule has 0 radical (unpaired) electrons. The number of nitrogens with zero attached hydrogens (tertiary/aromatic N) is 1. The minimum absolute atomic E-state index is 0.0679. The van der Waals surface area contributed by atoms with Gasteiger partial charge in [-0.15, -0.1) is 0 Å². The predicted octanol–water partition coefficient (Wildman–Crippen LogP) is 5.48. The summed E-state index contributed by atoms with van der Waals surface area (Å²) in [6.45, 7) is 0. The Balaban J connectivity index is 1.74. The van der Waals surface area contributed by atoms with Crippen LogP contribution in [0.5, 0.6) is 5.75 Å². The maximum Gasteiger partial charge on any atom is 0.283 e. The fourth-order valence-electron chi connectivity index (χ4n) is 3.01. The molecule has 0 bridgehead atoms. The van der Waals surface area contributed by atoms with Crippen LogP contribution in [-0.2, 0) is 9.59 Å². The second kappa shape index (κ2) is 8.83. The number of anilines is 2. The number of rotatable bonds is 6. The molecule has 31 heavy (non-hydrogen) atoms. The van der Waals surface area contributed by atoms with Crippen molar-refractivity contribution < 1.29 is 18.7 Å². The van der Waals surface area contributed by atoms with E-state index in [1.54, 1.807) is 61.7 Å². The van der Waals surface area contributed by atoms with E-state index in [0.29, 0.717) is 21.4 Å². The monoisotopic (exact) mass is 454 g/mol. The van der Waals surface area contributed by atoms with Crippen molar-refractivity contribution in [1.29, 1.82) is 0 Å². The number of hydrogen-bond donors (Lipinski definition) is 1. The molecule has 0 atom stereocenters. The summed E-state index contributed by atoms with van der Waals surface area (Å²) in [5.41, 5.74) is 0.554. The van der Waals surface area contributed by atoms with Crippen molar-refractivity contribution in [3.8, 4) is 5.75 Å². The zero-order valence-corrected chi connectivity index (χ0v) is 17.8. The molecule has 156 valence electrons. The number of amides is 2. The van der Waals surface area contributed by atoms with Gasteiger partial charge < -0.3 is 10.1 Å². The van der Waals surface area contributed by atoms with Crippen molar-refractivity contribution in [3.05, 3.63) is 94.2 Å². The van der Waals surface area contributed by atoms with Crippen molar-refractivity contribution >= 4 is 46.6 Å². The van der Waals surface area contributed by atoms with E-state index in [2.05, 4.69) is 5.32 Å². The molecule has 0 spiro atoms. The first kappa shape index (κ1) is 21.0. The Kier molecular flexibility index (Phi) is 5.97. The topological polar surface area (TPSA) is 58.6 Å². The summed E-state index contributed by atoms with van der Waals surface area (Å²) >= 11 is 7.06. The number of hydrogen-bond acceptors (Lipinski definition) is 5. The quantitative estimate of drug-likeness (QED) is 0.500. The second-order valence-electron chi connectivity index (χ2n) is 6.51. The van der Waals surface area contributed by atoms with Crippen LogP contribution >= 0.6 is 23.4 Å². The fourth-order valence-corrected chi connectivity index (χ4v) is 4.06. The molecule has 0 saturated carbocycles. The SMILES string of the molecule is COc1ccc(NC2=C(Sc3ccc(Cl)cc3)C(=O)N(c3ccccc3F)C2=O)cc1. The number of ether oxygens (including phenoxy) is 1. The normalized spacial score (nSPS) is 13.7. The number of carbonyl (C=O) groups excluding carboxylic acids is 2. The van der Waals surface area contributed by atoms with Gasteiger partial charge in [-0.25, -0.2) is 9.29 Å². The molecule has 0 aromatic heterocycles. The van der Waals surface area contributed by atoms with E-state index in [9.17, 15) is 14.0 Å². The highest BCUT2D eigenvalue weighted by molar-refractivity contribution is 8.04. The average Bonchev–Trinajstić information content (AvgIpc) is 3.00. The molecule has 0 saturated heterocycles. The van der Waals surface area contributed by atoms with Crippen LogP contribution in [0.25, 0.3) is 0 Å². The van der Waals surface area contributed by atoms with Gasteiger partial charge in [-0.05, 0) is 60.7 Å². The summed E-state index contributed by atoms with van der Waals surface area (Å²) in [6, 6.07) is 19.4. The summed E-state index contributed by atoms with van der Waals surface area (Å²) in [5.74, 6) is -1.25. The van der Waals surface area contributed by atoms with Gasteiger partial charge in [0.2, 0.25) is 0 Å². The largest absolute Gasteiger partial charge is 0.497 e. The Morgan fingerprint density at radius 1 is 0.935 bits per heavy atom. The molecule has 1 aliphatic heterocycles. The highest BCUT2D eigenvalue weighted by atomic mass is 35.5. The summed E-state index contributed by atoms with van der Waals surface area (Å²) in [4.78, 5) is 28.1. The summed E-state index contributed by atoms with van der Waals surface area (Å²) in [7, 11) is 1.55. The first-order chi connectivity index (χ1) is 15.0. The van der Waals surface area contributed by atoms with E-state index >= 15 is 0 Å². The third kappa shape index (κ3) is 4.28. The van der Waals surface area contributed by atoms with Crippen LogP contribution in [0.1, 0.15) is 0 Å². The maximum atomic E-state index is 14.4. The van der Waals surface area contributed by atoms with Crippen LogP contribution in [0, 0.1) is 5.82 Å². The predicted molar refractivity (Wildman–Crippen MR) is 120 cm³/mol. The van der Waals surface area contributed by atoms with Gasteiger partial charge >= 0.3 is 0 Å². The Hall–Kier alpha value is -3.29. The van der Waals surface area contributed by atoms with Crippen molar-refractivity contribution in [3.63, 3.8) is 0 Å². The van der Waals surface area contributed by atoms with Gasteiger partial charge in [0.05, 0.1) is 12.8 Å². The van der Waals surface area contributed by atoms with E-state index in [1.807, 2.05) is 0 Å². The second-order valence-corrected chi connectivity index (χ2v) is 8.03. The van der Waals surface area contributed by atoms with Crippen LogP contribution in [0.3, 0.4) is 0 Å². The molecular formula is C23H16ClFN2O3S. The number of nitrogens with one attached hydrogen (secondary N) is 1. The number of methoxy groups -OCH3 is 1. The number of halogens is 2. The van der Waals surface area contributed by atoms with Crippen LogP contribution in [-0.4, -0.2) is 18.9 Å². The maximum absolute atomic E-state index is 14.4. The smallest absolute Gasteiger partial charge is 0.283 e. The highest BCUT2D eigenvalue weighted by Crippen LogP contribution is 2.38. The number of thioether (sulfide) groups is 1. The lowest BCUT2D eigenvalue weighted by molar-refractivity contribution is -0.120. The van der Waals surface area contributed by atoms with E-state index in [1.165, 1.54) is 18.2 Å². The minimum atomic E-state index is -0.661. The van der Waals surface area contributed by atoms with Crippen LogP contribution in [0.4, 0.5) is 15.8 Å². The van der Waals surface area contributed by atoms with Crippen LogP contribution in [0.15, 0.2) is 88.3 Å². The van der Waals surface area contributed by atoms with Gasteiger partial charge in [0, 0.05) is 15.6 Å². The van der Waals surface area contributed by atoms with E-state index < -0.39 is 17.6 Å². The summed E-state index contributed by atoms with van der Waals surface area (Å²) in [5, 5.41) is 3.57. The Bertz CT molecular complexity index is 1180. The van der Waals surface area contributed by atoms with E-state index in [-0.39, 0.29) is 16.3 Å². The molecule has 0 fully saturated rings. The number of carbonyl (C=O) groups is 2. The lowest BCUT2D eigenvalue weighted by Crippen LogP contribution is -2.33. The first-order valence-corrected chi connectivity index (χ1v) is 10.4. The lowest BCUT2D eigenvalue weighted by atomic mass is 10.2. The fraction of sp³-hybridized carbons (Fsp3) is 0.0435. The number of para-hydroxylation sites is 1. The van der Waals surface area contributed by atoms with Crippen molar-refractivity contribution in [1.82, 2.24) is 0 Å². The van der Waals surface area contributed by atoms with Crippen LogP contribution < -0.4 is 15.0 Å². The molecular weight excluding hydrogens is 439 g/mol. The van der Waals surface area contributed by atoms with Gasteiger partial charge in [0.1, 0.15) is 22.2 Å². The Labute approximate surface area is 187 Å². The van der Waals surface area contributed by atoms with Crippen molar-refractivity contribution in [2.75, 3.05) is 17.3 Å². The summed E-state index contributed by atoms with van der Waals surface area (Å²) in [6.07, 6.45) is 0. The van der Waals surface area contributed by atoms with Crippen LogP contribution in [0.2, 0.25) is 5.02 Å². The van der Waals surface area contributed by atoms with Crippen molar-refractivity contribution in [2.45, 2.75) is 4.90 Å². The molecule has 0 unspecified atom stereocenters. The number of imide groups is 1. The molecule has 1 N–H and O–H groups in total. The zero-order chi connectivity index (χ0) is 22.0. The average molecular weight is 455 g/mol. The van der Waals surface area contributed by atoms with Gasteiger partial charge in [-0.3, -0.25) is 9.59 Å². The number of benzene rings is 3.